The van der Waals surface area contributed by atoms with Gasteiger partial charge in [0.05, 0.1) is 17.0 Å². The van der Waals surface area contributed by atoms with E-state index in [1.807, 2.05) is 0 Å². The third-order valence-corrected chi connectivity index (χ3v) is 2.20. The second kappa shape index (κ2) is 5.46. The van der Waals surface area contributed by atoms with E-state index in [0.717, 1.165) is 6.07 Å². The summed E-state index contributed by atoms with van der Waals surface area (Å²) in [5.74, 6) is -2.30. The van der Waals surface area contributed by atoms with Crippen LogP contribution in [0.5, 0.6) is 0 Å². The van der Waals surface area contributed by atoms with Gasteiger partial charge in [-0.05, 0) is 12.1 Å². The largest absolute Gasteiger partial charge is 0.481 e. The van der Waals surface area contributed by atoms with Gasteiger partial charge in [-0.1, -0.05) is 17.7 Å². The molecular weight excluding hydrogens is 237 g/mol. The Hall–Kier alpha value is -1.62. The Balaban J connectivity index is 2.66. The first-order valence-corrected chi connectivity index (χ1v) is 4.84. The van der Waals surface area contributed by atoms with E-state index in [2.05, 4.69) is 5.32 Å². The van der Waals surface area contributed by atoms with E-state index in [0.29, 0.717) is 0 Å². The smallest absolute Gasteiger partial charge is 0.305 e. The molecular formula is C10H9ClFNO3. The molecule has 2 N–H and O–H groups in total. The van der Waals surface area contributed by atoms with Crippen molar-refractivity contribution in [3.05, 3.63) is 34.6 Å². The fourth-order valence-electron chi connectivity index (χ4n) is 1.06. The molecule has 0 aliphatic carbocycles. The van der Waals surface area contributed by atoms with Gasteiger partial charge in [-0.3, -0.25) is 9.59 Å². The van der Waals surface area contributed by atoms with Crippen molar-refractivity contribution in [2.45, 2.75) is 6.42 Å². The molecule has 0 aliphatic rings. The molecule has 86 valence electrons. The lowest BCUT2D eigenvalue weighted by Gasteiger charge is -2.05. The van der Waals surface area contributed by atoms with E-state index < -0.39 is 17.7 Å². The molecule has 0 radical (unpaired) electrons. The van der Waals surface area contributed by atoms with Gasteiger partial charge in [-0.15, -0.1) is 0 Å². The highest BCUT2D eigenvalue weighted by molar-refractivity contribution is 6.34. The Kier molecular flexibility index (Phi) is 4.25. The van der Waals surface area contributed by atoms with E-state index in [-0.39, 0.29) is 23.6 Å². The van der Waals surface area contributed by atoms with Crippen molar-refractivity contribution in [2.75, 3.05) is 6.54 Å². The third kappa shape index (κ3) is 3.20. The number of carbonyl (C=O) groups is 2. The molecule has 0 aromatic heterocycles. The Morgan fingerprint density at radius 1 is 1.44 bits per heavy atom. The van der Waals surface area contributed by atoms with Crippen LogP contribution in [0.25, 0.3) is 0 Å². The monoisotopic (exact) mass is 245 g/mol. The van der Waals surface area contributed by atoms with Crippen molar-refractivity contribution in [3.8, 4) is 0 Å². The van der Waals surface area contributed by atoms with Crippen LogP contribution in [0.1, 0.15) is 16.8 Å². The van der Waals surface area contributed by atoms with Crippen molar-refractivity contribution in [1.29, 1.82) is 0 Å². The second-order valence-electron chi connectivity index (χ2n) is 3.00. The van der Waals surface area contributed by atoms with Crippen molar-refractivity contribution in [2.24, 2.45) is 0 Å². The summed E-state index contributed by atoms with van der Waals surface area (Å²) in [6.07, 6.45) is -0.196. The number of hydrogen-bond donors (Lipinski definition) is 2. The van der Waals surface area contributed by atoms with Gasteiger partial charge in [0.2, 0.25) is 0 Å². The summed E-state index contributed by atoms with van der Waals surface area (Å²) in [4.78, 5) is 21.6. The van der Waals surface area contributed by atoms with E-state index >= 15 is 0 Å². The molecule has 0 unspecified atom stereocenters. The van der Waals surface area contributed by atoms with E-state index in [4.69, 9.17) is 16.7 Å². The number of carbonyl (C=O) groups excluding carboxylic acids is 1. The number of carboxylic acid groups (broad SMARTS) is 1. The first kappa shape index (κ1) is 12.4. The van der Waals surface area contributed by atoms with E-state index in [1.165, 1.54) is 12.1 Å². The zero-order valence-electron chi connectivity index (χ0n) is 8.17. The molecule has 0 heterocycles. The SMILES string of the molecule is O=C(O)CCNC(=O)c1cccc(F)c1Cl. The number of carboxylic acids is 1. The van der Waals surface area contributed by atoms with Crippen LogP contribution in [0.3, 0.4) is 0 Å². The Morgan fingerprint density at radius 2 is 2.12 bits per heavy atom. The van der Waals surface area contributed by atoms with Crippen molar-refractivity contribution in [1.82, 2.24) is 5.32 Å². The van der Waals surface area contributed by atoms with Gasteiger partial charge >= 0.3 is 5.97 Å². The average molecular weight is 246 g/mol. The molecule has 0 saturated heterocycles. The van der Waals surface area contributed by atoms with Crippen LogP contribution < -0.4 is 5.32 Å². The van der Waals surface area contributed by atoms with Gasteiger partial charge < -0.3 is 10.4 Å². The molecule has 0 saturated carbocycles. The summed E-state index contributed by atoms with van der Waals surface area (Å²) in [5.41, 5.74) is -0.00736. The standard InChI is InChI=1S/C10H9ClFNO3/c11-9-6(2-1-3-7(9)12)10(16)13-5-4-8(14)15/h1-3H,4-5H2,(H,13,16)(H,14,15). The number of aliphatic carboxylic acids is 1. The fraction of sp³-hybridized carbons (Fsp3) is 0.200. The highest BCUT2D eigenvalue weighted by Gasteiger charge is 2.12. The minimum Gasteiger partial charge on any atom is -0.481 e. The summed E-state index contributed by atoms with van der Waals surface area (Å²) in [6, 6.07) is 3.85. The molecule has 1 rings (SSSR count). The first-order valence-electron chi connectivity index (χ1n) is 4.46. The summed E-state index contributed by atoms with van der Waals surface area (Å²) in [5, 5.41) is 10.4. The molecule has 0 aliphatic heterocycles. The quantitative estimate of drug-likeness (QED) is 0.848. The molecule has 16 heavy (non-hydrogen) atoms. The van der Waals surface area contributed by atoms with Crippen LogP contribution in [0.2, 0.25) is 5.02 Å². The van der Waals surface area contributed by atoms with E-state index in [1.54, 1.807) is 0 Å². The van der Waals surface area contributed by atoms with Gasteiger partial charge in [0.1, 0.15) is 5.82 Å². The second-order valence-corrected chi connectivity index (χ2v) is 3.38. The maximum absolute atomic E-state index is 13.0. The number of benzene rings is 1. The molecule has 0 fully saturated rings. The number of hydrogen-bond acceptors (Lipinski definition) is 2. The zero-order chi connectivity index (χ0) is 12.1. The van der Waals surface area contributed by atoms with E-state index in [9.17, 15) is 14.0 Å². The van der Waals surface area contributed by atoms with Gasteiger partial charge in [0.15, 0.2) is 0 Å². The van der Waals surface area contributed by atoms with Crippen molar-refractivity contribution < 1.29 is 19.1 Å². The minimum atomic E-state index is -1.02. The summed E-state index contributed by atoms with van der Waals surface area (Å²) in [6.45, 7) is -0.0268. The average Bonchev–Trinajstić information content (AvgIpc) is 2.21. The molecule has 0 spiro atoms. The normalized spacial score (nSPS) is 9.88. The van der Waals surface area contributed by atoms with Crippen LogP contribution in [0.15, 0.2) is 18.2 Å². The maximum Gasteiger partial charge on any atom is 0.305 e. The van der Waals surface area contributed by atoms with Crippen molar-refractivity contribution in [3.63, 3.8) is 0 Å². The maximum atomic E-state index is 13.0. The van der Waals surface area contributed by atoms with Gasteiger partial charge in [0.25, 0.3) is 5.91 Å². The Morgan fingerprint density at radius 3 is 2.75 bits per heavy atom. The number of rotatable bonds is 4. The highest BCUT2D eigenvalue weighted by atomic mass is 35.5. The Labute approximate surface area is 96.0 Å². The van der Waals surface area contributed by atoms with Crippen LogP contribution in [0.4, 0.5) is 4.39 Å². The lowest BCUT2D eigenvalue weighted by molar-refractivity contribution is -0.136. The molecule has 4 nitrogen and oxygen atoms in total. The van der Waals surface area contributed by atoms with Gasteiger partial charge in [-0.2, -0.15) is 0 Å². The van der Waals surface area contributed by atoms with Crippen LogP contribution in [0, 0.1) is 5.82 Å². The predicted molar refractivity (Wildman–Crippen MR) is 56.0 cm³/mol. The summed E-state index contributed by atoms with van der Waals surface area (Å²) in [7, 11) is 0. The van der Waals surface area contributed by atoms with Gasteiger partial charge in [0, 0.05) is 6.54 Å². The predicted octanol–water partition coefficient (Wildman–Crippen LogP) is 1.68. The zero-order valence-corrected chi connectivity index (χ0v) is 8.92. The molecule has 0 atom stereocenters. The molecule has 0 bridgehead atoms. The molecule has 1 aromatic rings. The lowest BCUT2D eigenvalue weighted by Crippen LogP contribution is -2.26. The topological polar surface area (TPSA) is 66.4 Å². The summed E-state index contributed by atoms with van der Waals surface area (Å²) >= 11 is 5.58. The van der Waals surface area contributed by atoms with Crippen molar-refractivity contribution >= 4 is 23.5 Å². The van der Waals surface area contributed by atoms with Crippen LogP contribution in [-0.2, 0) is 4.79 Å². The third-order valence-electron chi connectivity index (χ3n) is 1.82. The first-order chi connectivity index (χ1) is 7.52. The summed E-state index contributed by atoms with van der Waals surface area (Å²) < 4.78 is 13.0. The fourth-order valence-corrected chi connectivity index (χ4v) is 1.27. The highest BCUT2D eigenvalue weighted by Crippen LogP contribution is 2.19. The van der Waals surface area contributed by atoms with Gasteiger partial charge in [-0.25, -0.2) is 4.39 Å². The number of halogens is 2. The van der Waals surface area contributed by atoms with Crippen LogP contribution in [-0.4, -0.2) is 23.5 Å². The molecule has 1 aromatic carbocycles. The number of nitrogens with one attached hydrogen (secondary N) is 1. The number of amides is 1. The molecule has 1 amide bonds. The minimum absolute atomic E-state index is 0.00736. The Bertz CT molecular complexity index is 423. The molecule has 6 heteroatoms. The lowest BCUT2D eigenvalue weighted by atomic mass is 10.2. The van der Waals surface area contributed by atoms with Crippen LogP contribution >= 0.6 is 11.6 Å².